The average molecular weight is 283 g/mol. The van der Waals surface area contributed by atoms with E-state index in [1.54, 1.807) is 0 Å². The summed E-state index contributed by atoms with van der Waals surface area (Å²) in [5.41, 5.74) is 6.44. The highest BCUT2D eigenvalue weighted by Crippen LogP contribution is 2.36. The van der Waals surface area contributed by atoms with Gasteiger partial charge in [0.1, 0.15) is 0 Å². The Hall–Kier alpha value is -0.160. The lowest BCUT2D eigenvalue weighted by molar-refractivity contribution is -0.0215. The van der Waals surface area contributed by atoms with Crippen molar-refractivity contribution in [2.24, 2.45) is 11.7 Å². The minimum Gasteiger partial charge on any atom is -0.381 e. The van der Waals surface area contributed by atoms with E-state index in [-0.39, 0.29) is 5.54 Å². The summed E-state index contributed by atoms with van der Waals surface area (Å²) in [5, 5.41) is 0. The van der Waals surface area contributed by atoms with Crippen molar-refractivity contribution in [3.8, 4) is 0 Å². The molecule has 118 valence electrons. The fraction of sp³-hybridized carbons (Fsp3) is 1.00. The van der Waals surface area contributed by atoms with Gasteiger partial charge in [0.25, 0.3) is 0 Å². The standard InChI is InChI=1S/C16H33N3O/c1-18(2)12-14-6-10-19(11-7-14)16(13-17)8-4-15(20-3)5-9-16/h14-15H,4-13,17H2,1-3H3. The first-order chi connectivity index (χ1) is 9.59. The van der Waals surface area contributed by atoms with Crippen molar-refractivity contribution in [1.82, 2.24) is 9.80 Å². The summed E-state index contributed by atoms with van der Waals surface area (Å²) >= 11 is 0. The summed E-state index contributed by atoms with van der Waals surface area (Å²) in [6.07, 6.45) is 7.87. The molecule has 1 heterocycles. The molecule has 0 radical (unpaired) electrons. The van der Waals surface area contributed by atoms with E-state index in [1.807, 2.05) is 7.11 Å². The normalized spacial score (nSPS) is 33.8. The summed E-state index contributed by atoms with van der Waals surface area (Å²) < 4.78 is 5.51. The van der Waals surface area contributed by atoms with Crippen LogP contribution in [-0.2, 0) is 4.74 Å². The predicted octanol–water partition coefficient (Wildman–Crippen LogP) is 1.55. The first-order valence-corrected chi connectivity index (χ1v) is 8.22. The Balaban J connectivity index is 1.87. The summed E-state index contributed by atoms with van der Waals surface area (Å²) in [7, 11) is 6.20. The molecule has 0 bridgehead atoms. The maximum absolute atomic E-state index is 6.18. The minimum absolute atomic E-state index is 0.262. The molecule has 0 unspecified atom stereocenters. The van der Waals surface area contributed by atoms with Crippen molar-refractivity contribution < 1.29 is 4.74 Å². The van der Waals surface area contributed by atoms with Gasteiger partial charge in [-0.2, -0.15) is 0 Å². The molecule has 1 aliphatic carbocycles. The SMILES string of the molecule is COC1CCC(CN)(N2CCC(CN(C)C)CC2)CC1. The molecule has 0 aromatic carbocycles. The molecule has 1 saturated heterocycles. The summed E-state index contributed by atoms with van der Waals surface area (Å²) in [5.74, 6) is 0.867. The Morgan fingerprint density at radius 1 is 1.15 bits per heavy atom. The smallest absolute Gasteiger partial charge is 0.0572 e. The van der Waals surface area contributed by atoms with Gasteiger partial charge in [-0.15, -0.1) is 0 Å². The number of ether oxygens (including phenoxy) is 1. The van der Waals surface area contributed by atoms with Crippen LogP contribution in [0.2, 0.25) is 0 Å². The fourth-order valence-electron chi connectivity index (χ4n) is 4.12. The van der Waals surface area contributed by atoms with Gasteiger partial charge < -0.3 is 15.4 Å². The van der Waals surface area contributed by atoms with Crippen molar-refractivity contribution >= 4 is 0 Å². The van der Waals surface area contributed by atoms with Gasteiger partial charge >= 0.3 is 0 Å². The van der Waals surface area contributed by atoms with Crippen LogP contribution in [0.3, 0.4) is 0 Å². The number of nitrogens with zero attached hydrogens (tertiary/aromatic N) is 2. The second kappa shape index (κ2) is 7.21. The van der Waals surface area contributed by atoms with E-state index in [0.29, 0.717) is 6.10 Å². The van der Waals surface area contributed by atoms with Crippen molar-refractivity contribution in [3.63, 3.8) is 0 Å². The topological polar surface area (TPSA) is 41.7 Å². The Bertz CT molecular complexity index is 279. The van der Waals surface area contributed by atoms with Crippen LogP contribution >= 0.6 is 0 Å². The van der Waals surface area contributed by atoms with Gasteiger partial charge in [-0.1, -0.05) is 0 Å². The zero-order chi connectivity index (χ0) is 14.6. The molecular weight excluding hydrogens is 250 g/mol. The van der Waals surface area contributed by atoms with Gasteiger partial charge in [0.05, 0.1) is 6.10 Å². The fourth-order valence-corrected chi connectivity index (χ4v) is 4.12. The molecular formula is C16H33N3O. The predicted molar refractivity (Wildman–Crippen MR) is 83.9 cm³/mol. The van der Waals surface area contributed by atoms with Gasteiger partial charge in [0, 0.05) is 25.7 Å². The molecule has 20 heavy (non-hydrogen) atoms. The second-order valence-corrected chi connectivity index (χ2v) is 7.06. The highest BCUT2D eigenvalue weighted by molar-refractivity contribution is 4.97. The molecule has 2 aliphatic rings. The van der Waals surface area contributed by atoms with Crippen LogP contribution in [-0.4, -0.2) is 68.8 Å². The Morgan fingerprint density at radius 2 is 1.75 bits per heavy atom. The van der Waals surface area contributed by atoms with E-state index in [9.17, 15) is 0 Å². The molecule has 1 aliphatic heterocycles. The lowest BCUT2D eigenvalue weighted by Gasteiger charge is -2.50. The van der Waals surface area contributed by atoms with Gasteiger partial charge in [-0.3, -0.25) is 4.90 Å². The van der Waals surface area contributed by atoms with Gasteiger partial charge in [-0.05, 0) is 71.6 Å². The van der Waals surface area contributed by atoms with Crippen LogP contribution in [0.15, 0.2) is 0 Å². The van der Waals surface area contributed by atoms with E-state index in [2.05, 4.69) is 23.9 Å². The first kappa shape index (κ1) is 16.2. The van der Waals surface area contributed by atoms with Crippen LogP contribution in [0, 0.1) is 5.92 Å². The van der Waals surface area contributed by atoms with Crippen LogP contribution in [0.5, 0.6) is 0 Å². The third-order valence-electron chi connectivity index (χ3n) is 5.49. The van der Waals surface area contributed by atoms with Crippen molar-refractivity contribution in [3.05, 3.63) is 0 Å². The molecule has 0 atom stereocenters. The Morgan fingerprint density at radius 3 is 2.20 bits per heavy atom. The number of rotatable bonds is 5. The minimum atomic E-state index is 0.262. The van der Waals surface area contributed by atoms with E-state index >= 15 is 0 Å². The second-order valence-electron chi connectivity index (χ2n) is 7.06. The molecule has 4 heteroatoms. The maximum Gasteiger partial charge on any atom is 0.0572 e. The number of nitrogens with two attached hydrogens (primary N) is 1. The largest absolute Gasteiger partial charge is 0.381 e. The summed E-state index contributed by atoms with van der Waals surface area (Å²) in [4.78, 5) is 5.02. The number of piperidine rings is 1. The third-order valence-corrected chi connectivity index (χ3v) is 5.49. The summed E-state index contributed by atoms with van der Waals surface area (Å²) in [6, 6.07) is 0. The number of likely N-dealkylation sites (tertiary alicyclic amines) is 1. The third kappa shape index (κ3) is 3.73. The lowest BCUT2D eigenvalue weighted by Crippen LogP contribution is -2.58. The molecule has 0 aromatic rings. The molecule has 2 rings (SSSR count). The molecule has 2 N–H and O–H groups in total. The maximum atomic E-state index is 6.18. The number of hydrogen-bond donors (Lipinski definition) is 1. The molecule has 0 spiro atoms. The zero-order valence-corrected chi connectivity index (χ0v) is 13.6. The van der Waals surface area contributed by atoms with E-state index in [4.69, 9.17) is 10.5 Å². The molecule has 0 aromatic heterocycles. The van der Waals surface area contributed by atoms with Crippen LogP contribution in [0.25, 0.3) is 0 Å². The quantitative estimate of drug-likeness (QED) is 0.831. The lowest BCUT2D eigenvalue weighted by atomic mass is 9.77. The highest BCUT2D eigenvalue weighted by atomic mass is 16.5. The van der Waals surface area contributed by atoms with Crippen molar-refractivity contribution in [2.75, 3.05) is 47.4 Å². The average Bonchev–Trinajstić information content (AvgIpc) is 2.47. The summed E-state index contributed by atoms with van der Waals surface area (Å²) in [6.45, 7) is 4.50. The van der Waals surface area contributed by atoms with Gasteiger partial charge in [0.2, 0.25) is 0 Å². The van der Waals surface area contributed by atoms with Crippen LogP contribution in [0.4, 0.5) is 0 Å². The Labute approximate surface area is 124 Å². The van der Waals surface area contributed by atoms with Crippen LogP contribution < -0.4 is 5.73 Å². The molecule has 1 saturated carbocycles. The molecule has 0 amide bonds. The first-order valence-electron chi connectivity index (χ1n) is 8.22. The van der Waals surface area contributed by atoms with E-state index in [0.717, 1.165) is 12.5 Å². The van der Waals surface area contributed by atoms with Crippen molar-refractivity contribution in [2.45, 2.75) is 50.2 Å². The molecule has 2 fully saturated rings. The van der Waals surface area contributed by atoms with E-state index in [1.165, 1.54) is 58.2 Å². The van der Waals surface area contributed by atoms with Crippen LogP contribution in [0.1, 0.15) is 38.5 Å². The number of methoxy groups -OCH3 is 1. The van der Waals surface area contributed by atoms with E-state index < -0.39 is 0 Å². The molecule has 4 nitrogen and oxygen atoms in total. The monoisotopic (exact) mass is 283 g/mol. The number of hydrogen-bond acceptors (Lipinski definition) is 4. The Kier molecular flexibility index (Phi) is 5.84. The van der Waals surface area contributed by atoms with Gasteiger partial charge in [0.15, 0.2) is 0 Å². The van der Waals surface area contributed by atoms with Gasteiger partial charge in [-0.25, -0.2) is 0 Å². The zero-order valence-electron chi connectivity index (χ0n) is 13.6. The highest BCUT2D eigenvalue weighted by Gasteiger charge is 2.40. The van der Waals surface area contributed by atoms with Crippen molar-refractivity contribution in [1.29, 1.82) is 0 Å².